The van der Waals surface area contributed by atoms with Crippen molar-refractivity contribution in [1.29, 1.82) is 0 Å². The van der Waals surface area contributed by atoms with Crippen molar-refractivity contribution in [3.63, 3.8) is 0 Å². The number of hydrogen-bond donors (Lipinski definition) is 0. The van der Waals surface area contributed by atoms with Crippen LogP contribution in [0.5, 0.6) is 0 Å². The lowest BCUT2D eigenvalue weighted by Crippen LogP contribution is -1.94. The summed E-state index contributed by atoms with van der Waals surface area (Å²) in [5.74, 6) is 0. The van der Waals surface area contributed by atoms with Crippen LogP contribution in [0.3, 0.4) is 0 Å². The summed E-state index contributed by atoms with van der Waals surface area (Å²) in [5.41, 5.74) is 5.69. The van der Waals surface area contributed by atoms with Gasteiger partial charge in [0.25, 0.3) is 0 Å². The first kappa shape index (κ1) is 15.8. The van der Waals surface area contributed by atoms with Crippen LogP contribution in [0, 0.1) is 6.92 Å². The van der Waals surface area contributed by atoms with Gasteiger partial charge in [-0.3, -0.25) is 0 Å². The summed E-state index contributed by atoms with van der Waals surface area (Å²) in [4.78, 5) is 0. The number of rotatable bonds is 7. The minimum absolute atomic E-state index is 1.06. The largest absolute Gasteiger partial charge is 0.0816 e. The predicted octanol–water partition coefficient (Wildman–Crippen LogP) is 6.01. The molecule has 0 heteroatoms. The second-order valence-corrected chi connectivity index (χ2v) is 5.33. The van der Waals surface area contributed by atoms with E-state index >= 15 is 0 Å². The minimum Gasteiger partial charge on any atom is -0.0816 e. The molecule has 0 saturated heterocycles. The van der Waals surface area contributed by atoms with E-state index in [0.29, 0.717) is 0 Å². The molecule has 0 radical (unpaired) electrons. The van der Waals surface area contributed by atoms with E-state index in [0.717, 1.165) is 12.8 Å². The van der Waals surface area contributed by atoms with E-state index < -0.39 is 0 Å². The van der Waals surface area contributed by atoms with Crippen LogP contribution in [0.4, 0.5) is 0 Å². The molecule has 0 aliphatic heterocycles. The van der Waals surface area contributed by atoms with Crippen LogP contribution in [-0.4, -0.2) is 0 Å². The smallest absolute Gasteiger partial charge is 0.00264 e. The van der Waals surface area contributed by atoms with Crippen LogP contribution < -0.4 is 0 Å². The van der Waals surface area contributed by atoms with Gasteiger partial charge in [-0.25, -0.2) is 0 Å². The van der Waals surface area contributed by atoms with Crippen LogP contribution in [0.25, 0.3) is 0 Å². The molecule has 0 N–H and O–H groups in total. The number of aryl methyl sites for hydroxylation is 1. The summed E-state index contributed by atoms with van der Waals surface area (Å²) >= 11 is 0. The van der Waals surface area contributed by atoms with Crippen LogP contribution in [0.15, 0.2) is 47.6 Å². The van der Waals surface area contributed by atoms with Gasteiger partial charge in [0, 0.05) is 0 Å². The van der Waals surface area contributed by atoms with E-state index in [4.69, 9.17) is 0 Å². The molecule has 1 aromatic rings. The van der Waals surface area contributed by atoms with Crippen molar-refractivity contribution < 1.29 is 0 Å². The summed E-state index contributed by atoms with van der Waals surface area (Å²) in [6.45, 7) is 8.85. The average Bonchev–Trinajstić information content (AvgIpc) is 2.40. The monoisotopic (exact) mass is 256 g/mol. The number of benzene rings is 1. The molecule has 0 fully saturated rings. The van der Waals surface area contributed by atoms with Crippen molar-refractivity contribution in [3.8, 4) is 0 Å². The SMILES string of the molecule is CCC=C(C)/C(=C\CCCC)Cc1ccc(C)cc1. The van der Waals surface area contributed by atoms with Crippen molar-refractivity contribution >= 4 is 0 Å². The van der Waals surface area contributed by atoms with Crippen molar-refractivity contribution in [3.05, 3.63) is 58.7 Å². The first-order valence-corrected chi connectivity index (χ1v) is 7.59. The molecule has 19 heavy (non-hydrogen) atoms. The molecule has 0 nitrogen and oxygen atoms in total. The molecule has 0 spiro atoms. The summed E-state index contributed by atoms with van der Waals surface area (Å²) in [6, 6.07) is 8.92. The Morgan fingerprint density at radius 3 is 2.32 bits per heavy atom. The molecule has 0 aromatic heterocycles. The zero-order chi connectivity index (χ0) is 14.1. The van der Waals surface area contributed by atoms with Gasteiger partial charge in [0.1, 0.15) is 0 Å². The number of allylic oxidation sites excluding steroid dienone is 4. The van der Waals surface area contributed by atoms with E-state index in [1.54, 1.807) is 0 Å². The minimum atomic E-state index is 1.06. The second kappa shape index (κ2) is 8.74. The Morgan fingerprint density at radius 2 is 1.74 bits per heavy atom. The van der Waals surface area contributed by atoms with Gasteiger partial charge in [0.15, 0.2) is 0 Å². The Kier molecular flexibility index (Phi) is 7.25. The molecule has 0 aliphatic carbocycles. The van der Waals surface area contributed by atoms with E-state index in [-0.39, 0.29) is 0 Å². The predicted molar refractivity (Wildman–Crippen MR) is 86.5 cm³/mol. The third-order valence-electron chi connectivity index (χ3n) is 3.48. The lowest BCUT2D eigenvalue weighted by atomic mass is 9.96. The molecular weight excluding hydrogens is 228 g/mol. The van der Waals surface area contributed by atoms with Crippen molar-refractivity contribution in [1.82, 2.24) is 0 Å². The average molecular weight is 256 g/mol. The molecule has 1 aromatic carbocycles. The number of hydrogen-bond acceptors (Lipinski definition) is 0. The maximum atomic E-state index is 2.44. The summed E-state index contributed by atoms with van der Waals surface area (Å²) in [6.07, 6.45) is 10.7. The first-order valence-electron chi connectivity index (χ1n) is 7.59. The molecule has 104 valence electrons. The van der Waals surface area contributed by atoms with Crippen molar-refractivity contribution in [2.24, 2.45) is 0 Å². The normalized spacial score (nSPS) is 12.8. The van der Waals surface area contributed by atoms with Crippen LogP contribution in [0.2, 0.25) is 0 Å². The Morgan fingerprint density at radius 1 is 1.05 bits per heavy atom. The fraction of sp³-hybridized carbons (Fsp3) is 0.474. The lowest BCUT2D eigenvalue weighted by molar-refractivity contribution is 0.809. The third kappa shape index (κ3) is 5.92. The highest BCUT2D eigenvalue weighted by molar-refractivity contribution is 5.35. The Balaban J connectivity index is 2.81. The molecular formula is C19H28. The second-order valence-electron chi connectivity index (χ2n) is 5.33. The fourth-order valence-electron chi connectivity index (χ4n) is 2.22. The molecule has 0 unspecified atom stereocenters. The zero-order valence-corrected chi connectivity index (χ0v) is 13.0. The van der Waals surface area contributed by atoms with Gasteiger partial charge in [-0.1, -0.05) is 74.2 Å². The van der Waals surface area contributed by atoms with Crippen LogP contribution >= 0.6 is 0 Å². The molecule has 0 atom stereocenters. The standard InChI is InChI=1S/C19H28/c1-5-7-8-10-19(17(4)9-6-2)15-18-13-11-16(3)12-14-18/h9-14H,5-8,15H2,1-4H3/b17-9?,19-10-. The summed E-state index contributed by atoms with van der Waals surface area (Å²) in [5, 5.41) is 0. The summed E-state index contributed by atoms with van der Waals surface area (Å²) < 4.78 is 0. The van der Waals surface area contributed by atoms with Gasteiger partial charge in [-0.15, -0.1) is 0 Å². The maximum Gasteiger partial charge on any atom is -0.00264 e. The van der Waals surface area contributed by atoms with Gasteiger partial charge in [-0.05, 0) is 44.2 Å². The lowest BCUT2D eigenvalue weighted by Gasteiger charge is -2.09. The van der Waals surface area contributed by atoms with E-state index in [1.807, 2.05) is 0 Å². The van der Waals surface area contributed by atoms with Gasteiger partial charge < -0.3 is 0 Å². The Labute approximate surface area is 119 Å². The van der Waals surface area contributed by atoms with Crippen molar-refractivity contribution in [2.75, 3.05) is 0 Å². The molecule has 1 rings (SSSR count). The Bertz CT molecular complexity index is 418. The molecule has 0 amide bonds. The molecule has 0 bridgehead atoms. The van der Waals surface area contributed by atoms with E-state index in [1.165, 1.54) is 41.5 Å². The maximum absolute atomic E-state index is 2.44. The molecule has 0 aliphatic rings. The first-order chi connectivity index (χ1) is 9.17. The number of unbranched alkanes of at least 4 members (excludes halogenated alkanes) is 2. The fourth-order valence-corrected chi connectivity index (χ4v) is 2.22. The highest BCUT2D eigenvalue weighted by Gasteiger charge is 2.02. The molecule has 0 heterocycles. The zero-order valence-electron chi connectivity index (χ0n) is 13.0. The van der Waals surface area contributed by atoms with Gasteiger partial charge in [0.2, 0.25) is 0 Å². The van der Waals surface area contributed by atoms with Gasteiger partial charge in [-0.2, -0.15) is 0 Å². The van der Waals surface area contributed by atoms with Crippen LogP contribution in [0.1, 0.15) is 57.6 Å². The Hall–Kier alpha value is -1.30. The van der Waals surface area contributed by atoms with Gasteiger partial charge >= 0.3 is 0 Å². The highest BCUT2D eigenvalue weighted by Crippen LogP contribution is 2.18. The highest BCUT2D eigenvalue weighted by atomic mass is 14.1. The molecule has 0 saturated carbocycles. The van der Waals surface area contributed by atoms with Crippen molar-refractivity contribution in [2.45, 2.75) is 59.8 Å². The van der Waals surface area contributed by atoms with Gasteiger partial charge in [0.05, 0.1) is 0 Å². The quantitative estimate of drug-likeness (QED) is 0.414. The summed E-state index contributed by atoms with van der Waals surface area (Å²) in [7, 11) is 0. The van der Waals surface area contributed by atoms with Crippen LogP contribution in [-0.2, 0) is 6.42 Å². The topological polar surface area (TPSA) is 0 Å². The third-order valence-corrected chi connectivity index (χ3v) is 3.48. The van der Waals surface area contributed by atoms with E-state index in [2.05, 4.69) is 64.1 Å². The van der Waals surface area contributed by atoms with E-state index in [9.17, 15) is 0 Å².